The first-order valence-corrected chi connectivity index (χ1v) is 20.3. The highest BCUT2D eigenvalue weighted by molar-refractivity contribution is 7.91. The number of halogens is 1. The van der Waals surface area contributed by atoms with Gasteiger partial charge in [-0.3, -0.25) is 28.9 Å². The molecule has 15 nitrogen and oxygen atoms in total. The number of nitrogens with zero attached hydrogens (tertiary/aromatic N) is 5. The minimum absolute atomic E-state index is 0.0255. The average molecular weight is 777 g/mol. The van der Waals surface area contributed by atoms with Gasteiger partial charge in [-0.15, -0.1) is 0 Å². The van der Waals surface area contributed by atoms with Crippen LogP contribution >= 0.6 is 0 Å². The number of sulfonamides is 1. The molecule has 4 heterocycles. The smallest absolute Gasteiger partial charge is 0.272 e. The lowest BCUT2D eigenvalue weighted by Crippen LogP contribution is -2.58. The van der Waals surface area contributed by atoms with Crippen LogP contribution in [0.4, 0.5) is 4.39 Å². The number of amides is 4. The molecule has 3 aromatic rings. The second-order valence-electron chi connectivity index (χ2n) is 15.2. The molecule has 0 spiro atoms. The van der Waals surface area contributed by atoms with E-state index in [1.165, 1.54) is 35.5 Å². The Kier molecular flexibility index (Phi) is 10.3. The van der Waals surface area contributed by atoms with E-state index in [9.17, 15) is 32.0 Å². The molecule has 2 aliphatic heterocycles. The van der Waals surface area contributed by atoms with Gasteiger partial charge in [0.1, 0.15) is 40.9 Å². The van der Waals surface area contributed by atoms with E-state index >= 15 is 0 Å². The zero-order valence-corrected chi connectivity index (χ0v) is 31.8. The fourth-order valence-corrected chi connectivity index (χ4v) is 8.53. The van der Waals surface area contributed by atoms with Gasteiger partial charge in [0, 0.05) is 24.6 Å². The number of fused-ring (bicyclic) bond motifs is 3. The first kappa shape index (κ1) is 38.2. The Hall–Kier alpha value is -5.06. The van der Waals surface area contributed by atoms with Crippen LogP contribution in [-0.4, -0.2) is 91.9 Å². The minimum atomic E-state index is -4.01. The summed E-state index contributed by atoms with van der Waals surface area (Å²) in [6, 6.07) is 1.83. The lowest BCUT2D eigenvalue weighted by atomic mass is 10.0. The van der Waals surface area contributed by atoms with Crippen molar-refractivity contribution in [2.45, 2.75) is 113 Å². The fraction of sp³-hybridized carbons (Fsp3) is 0.526. The van der Waals surface area contributed by atoms with E-state index < -0.39 is 73.9 Å². The average Bonchev–Trinajstić information content (AvgIpc) is 4.03. The molecule has 3 N–H and O–H groups in total. The van der Waals surface area contributed by atoms with Gasteiger partial charge in [-0.25, -0.2) is 27.8 Å². The lowest BCUT2D eigenvalue weighted by molar-refractivity contribution is -0.141. The highest BCUT2D eigenvalue weighted by atomic mass is 32.2. The van der Waals surface area contributed by atoms with E-state index in [0.29, 0.717) is 49.0 Å². The van der Waals surface area contributed by atoms with Crippen molar-refractivity contribution in [1.29, 1.82) is 0 Å². The van der Waals surface area contributed by atoms with Crippen LogP contribution in [0.15, 0.2) is 42.7 Å². The van der Waals surface area contributed by atoms with Crippen LogP contribution in [-0.2, 0) is 30.8 Å². The predicted molar refractivity (Wildman–Crippen MR) is 197 cm³/mol. The molecule has 0 bridgehead atoms. The van der Waals surface area contributed by atoms with Crippen molar-refractivity contribution in [3.63, 3.8) is 0 Å². The molecule has 4 amide bonds. The van der Waals surface area contributed by atoms with E-state index in [2.05, 4.69) is 35.3 Å². The van der Waals surface area contributed by atoms with Crippen molar-refractivity contribution >= 4 is 44.7 Å². The maximum absolute atomic E-state index is 14.6. The Morgan fingerprint density at radius 1 is 1.09 bits per heavy atom. The van der Waals surface area contributed by atoms with Crippen LogP contribution in [0.3, 0.4) is 0 Å². The summed E-state index contributed by atoms with van der Waals surface area (Å²) < 4.78 is 48.0. The van der Waals surface area contributed by atoms with Crippen molar-refractivity contribution in [2.75, 3.05) is 6.54 Å². The summed E-state index contributed by atoms with van der Waals surface area (Å²) in [6.45, 7) is 5.08. The zero-order valence-electron chi connectivity index (χ0n) is 31.0. The van der Waals surface area contributed by atoms with Gasteiger partial charge in [-0.1, -0.05) is 31.9 Å². The molecule has 2 aromatic heterocycles. The Morgan fingerprint density at radius 3 is 2.62 bits per heavy atom. The Labute approximate surface area is 318 Å². The maximum Gasteiger partial charge on any atom is 0.272 e. The van der Waals surface area contributed by atoms with Gasteiger partial charge >= 0.3 is 0 Å². The summed E-state index contributed by atoms with van der Waals surface area (Å²) in [4.78, 5) is 75.0. The van der Waals surface area contributed by atoms with Crippen LogP contribution in [0.2, 0.25) is 0 Å². The quantitative estimate of drug-likeness (QED) is 0.284. The van der Waals surface area contributed by atoms with E-state index in [1.807, 2.05) is 19.1 Å². The molecular weight excluding hydrogens is 732 g/mol. The van der Waals surface area contributed by atoms with Gasteiger partial charge in [0.05, 0.1) is 34.2 Å². The summed E-state index contributed by atoms with van der Waals surface area (Å²) in [5.41, 5.74) is 0.330. The number of hydrogen-bond donors (Lipinski definition) is 3. The zero-order chi connectivity index (χ0) is 39.1. The molecule has 3 fully saturated rings. The molecule has 4 aliphatic rings. The molecule has 1 saturated heterocycles. The molecule has 5 atom stereocenters. The third kappa shape index (κ3) is 7.89. The number of ether oxygens (including phenoxy) is 1. The second-order valence-corrected chi connectivity index (χ2v) is 17.4. The minimum Gasteiger partial charge on any atom is -0.471 e. The highest BCUT2D eigenvalue weighted by Gasteiger charge is 2.63. The van der Waals surface area contributed by atoms with Gasteiger partial charge in [0.25, 0.3) is 11.8 Å². The van der Waals surface area contributed by atoms with E-state index in [0.717, 1.165) is 12.8 Å². The van der Waals surface area contributed by atoms with Crippen LogP contribution in [0.5, 0.6) is 5.88 Å². The first-order valence-electron chi connectivity index (χ1n) is 18.8. The summed E-state index contributed by atoms with van der Waals surface area (Å²) in [5, 5.41) is 5.67. The number of aryl methyl sites for hydroxylation is 2. The monoisotopic (exact) mass is 776 g/mol. The molecule has 2 aliphatic carbocycles. The molecule has 7 rings (SSSR count). The van der Waals surface area contributed by atoms with Crippen LogP contribution in [0, 0.1) is 18.7 Å². The number of hydrogen-bond acceptors (Lipinski definition) is 11. The summed E-state index contributed by atoms with van der Waals surface area (Å²) in [6.07, 6.45) is 10.2. The molecule has 55 heavy (non-hydrogen) atoms. The Morgan fingerprint density at radius 2 is 1.89 bits per heavy atom. The van der Waals surface area contributed by atoms with Gasteiger partial charge in [-0.2, -0.15) is 0 Å². The highest BCUT2D eigenvalue weighted by Crippen LogP contribution is 2.47. The molecule has 292 valence electrons. The van der Waals surface area contributed by atoms with Crippen molar-refractivity contribution < 1.29 is 36.7 Å². The number of nitrogens with one attached hydrogen (secondary N) is 3. The fourth-order valence-electron chi connectivity index (χ4n) is 7.22. The van der Waals surface area contributed by atoms with E-state index in [1.54, 1.807) is 13.8 Å². The van der Waals surface area contributed by atoms with Crippen molar-refractivity contribution in [2.24, 2.45) is 5.92 Å². The van der Waals surface area contributed by atoms with Gasteiger partial charge in [0.2, 0.25) is 27.7 Å². The normalized spacial score (nSPS) is 26.5. The van der Waals surface area contributed by atoms with Gasteiger partial charge in [-0.05, 0) is 70.9 Å². The third-order valence-electron chi connectivity index (χ3n) is 11.1. The first-order chi connectivity index (χ1) is 26.2. The predicted octanol–water partition coefficient (Wildman–Crippen LogP) is 2.97. The molecule has 0 radical (unpaired) electrons. The van der Waals surface area contributed by atoms with Crippen molar-refractivity contribution in [3.8, 4) is 5.88 Å². The topological polar surface area (TPSA) is 203 Å². The number of carbonyl (C=O) groups is 4. The van der Waals surface area contributed by atoms with Crippen molar-refractivity contribution in [3.05, 3.63) is 65.6 Å². The Balaban J connectivity index is 1.21. The standard InChI is InChI=1S/C38H45FN8O7S/c1-4-26-34(44-29-16-24(39)12-13-27(29)42-26)54-25-17-31-33(49)45-38(36(51)46-55(52,53)37(3)14-15-37)18-23(38)10-8-6-5-7-9-11-28(35(50)47(31)21-25)43-32(48)30-20-40-22(2)19-41-30/h8,10,12-13,16,19-20,23,25,28,31H,4-7,9,11,14-15,17-18,21H2,1-3H3,(H,43,48)(H,45,49)(H,46,51)/t23-,25-,28+,31+,38-/m1/s1. The number of aromatic nitrogens is 4. The maximum atomic E-state index is 14.6. The summed E-state index contributed by atoms with van der Waals surface area (Å²) in [7, 11) is -4.01. The molecule has 2 saturated carbocycles. The van der Waals surface area contributed by atoms with Crippen LogP contribution in [0.25, 0.3) is 11.0 Å². The number of allylic oxidation sites excluding steroid dienone is 1. The van der Waals surface area contributed by atoms with E-state index in [4.69, 9.17) is 4.74 Å². The SMILES string of the molecule is CCc1nc2ccc(F)cc2nc1O[C@@H]1C[C@H]2C(=O)N[C@]3(C(=O)NS(=O)(=O)C4(C)CC4)C[C@H]3C=CCCCCC[C@H](NC(=O)c3cnc(C)cn3)C(=O)N2C1. The Bertz CT molecular complexity index is 2160. The van der Waals surface area contributed by atoms with Crippen LogP contribution < -0.4 is 20.1 Å². The lowest BCUT2D eigenvalue weighted by Gasteiger charge is -2.30. The van der Waals surface area contributed by atoms with Gasteiger partial charge < -0.3 is 20.3 Å². The van der Waals surface area contributed by atoms with Crippen molar-refractivity contribution in [1.82, 2.24) is 40.2 Å². The van der Waals surface area contributed by atoms with Crippen LogP contribution in [0.1, 0.15) is 93.5 Å². The molecule has 17 heteroatoms. The molecule has 1 aromatic carbocycles. The third-order valence-corrected chi connectivity index (χ3v) is 13.2. The summed E-state index contributed by atoms with van der Waals surface area (Å²) in [5.74, 6) is -3.48. The number of rotatable bonds is 8. The molecule has 0 unspecified atom stereocenters. The number of carbonyl (C=O) groups excluding carboxylic acids is 4. The van der Waals surface area contributed by atoms with Gasteiger partial charge in [0.15, 0.2) is 0 Å². The molecular formula is C38H45FN8O7S. The summed E-state index contributed by atoms with van der Waals surface area (Å²) >= 11 is 0. The number of benzene rings is 1. The largest absolute Gasteiger partial charge is 0.471 e. The van der Waals surface area contributed by atoms with E-state index in [-0.39, 0.29) is 42.9 Å². The second kappa shape index (κ2) is 14.9.